The van der Waals surface area contributed by atoms with Gasteiger partial charge < -0.3 is 20.9 Å². The summed E-state index contributed by atoms with van der Waals surface area (Å²) < 4.78 is 0. The fraction of sp³-hybridized carbons (Fsp3) is 0.385. The Bertz CT molecular complexity index is 494. The summed E-state index contributed by atoms with van der Waals surface area (Å²) in [5.41, 5.74) is 6.97. The van der Waals surface area contributed by atoms with Crippen LogP contribution in [0.2, 0.25) is 0 Å². The van der Waals surface area contributed by atoms with E-state index in [4.69, 9.17) is 5.73 Å². The molecule has 6 nitrogen and oxygen atoms in total. The average molecular weight is 260 g/mol. The molecular formula is C13H20N6. The second-order valence-electron chi connectivity index (χ2n) is 4.69. The number of aromatic amines is 1. The first kappa shape index (κ1) is 13.4. The molecule has 1 atom stereocenters. The topological polar surface area (TPSA) is 82.9 Å². The predicted octanol–water partition coefficient (Wildman–Crippen LogP) is 1.20. The minimum atomic E-state index is 0.108. The Morgan fingerprint density at radius 1 is 1.47 bits per heavy atom. The van der Waals surface area contributed by atoms with Crippen molar-refractivity contribution in [2.45, 2.75) is 19.5 Å². The Kier molecular flexibility index (Phi) is 4.35. The van der Waals surface area contributed by atoms with Crippen molar-refractivity contribution in [3.63, 3.8) is 0 Å². The van der Waals surface area contributed by atoms with Crippen LogP contribution in [0.4, 0.5) is 11.6 Å². The van der Waals surface area contributed by atoms with Gasteiger partial charge in [-0.15, -0.1) is 0 Å². The third-order valence-electron chi connectivity index (χ3n) is 2.74. The maximum absolute atomic E-state index is 5.79. The minimum Gasteiger partial charge on any atom is -0.367 e. The largest absolute Gasteiger partial charge is 0.367 e. The summed E-state index contributed by atoms with van der Waals surface area (Å²) >= 11 is 0. The van der Waals surface area contributed by atoms with Gasteiger partial charge in [0.05, 0.1) is 0 Å². The van der Waals surface area contributed by atoms with E-state index >= 15 is 0 Å². The van der Waals surface area contributed by atoms with Gasteiger partial charge in [-0.3, -0.25) is 0 Å². The highest BCUT2D eigenvalue weighted by atomic mass is 15.2. The molecule has 0 aliphatic rings. The van der Waals surface area contributed by atoms with E-state index in [1.54, 1.807) is 6.33 Å². The van der Waals surface area contributed by atoms with Gasteiger partial charge in [0.1, 0.15) is 18.0 Å². The van der Waals surface area contributed by atoms with Crippen molar-refractivity contribution >= 4 is 11.6 Å². The molecule has 2 rings (SSSR count). The quantitative estimate of drug-likeness (QED) is 0.727. The van der Waals surface area contributed by atoms with Crippen molar-refractivity contribution in [1.29, 1.82) is 0 Å². The molecule has 0 aliphatic carbocycles. The molecule has 6 heteroatoms. The lowest BCUT2D eigenvalue weighted by Gasteiger charge is -2.20. The van der Waals surface area contributed by atoms with Crippen LogP contribution in [0, 0.1) is 0 Å². The van der Waals surface area contributed by atoms with Gasteiger partial charge in [-0.1, -0.05) is 0 Å². The van der Waals surface area contributed by atoms with Crippen molar-refractivity contribution < 1.29 is 0 Å². The zero-order chi connectivity index (χ0) is 13.7. The van der Waals surface area contributed by atoms with Crippen LogP contribution >= 0.6 is 0 Å². The number of nitrogens with one attached hydrogen (secondary N) is 2. The lowest BCUT2D eigenvalue weighted by Crippen LogP contribution is -2.33. The molecular weight excluding hydrogens is 240 g/mol. The summed E-state index contributed by atoms with van der Waals surface area (Å²) in [6.45, 7) is 3.47. The zero-order valence-electron chi connectivity index (χ0n) is 11.3. The van der Waals surface area contributed by atoms with E-state index in [-0.39, 0.29) is 6.04 Å². The molecule has 0 amide bonds. The smallest absolute Gasteiger partial charge is 0.133 e. The Morgan fingerprint density at radius 2 is 2.32 bits per heavy atom. The van der Waals surface area contributed by atoms with E-state index in [2.05, 4.69) is 20.3 Å². The molecule has 0 saturated carbocycles. The van der Waals surface area contributed by atoms with Gasteiger partial charge in [0.15, 0.2) is 0 Å². The predicted molar refractivity (Wildman–Crippen MR) is 77.1 cm³/mol. The molecule has 4 N–H and O–H groups in total. The number of rotatable bonds is 6. The molecule has 102 valence electrons. The second-order valence-corrected chi connectivity index (χ2v) is 4.69. The number of anilines is 2. The number of aromatic nitrogens is 3. The zero-order valence-corrected chi connectivity index (χ0v) is 11.3. The van der Waals surface area contributed by atoms with Crippen LogP contribution < -0.4 is 16.0 Å². The highest BCUT2D eigenvalue weighted by Gasteiger charge is 2.06. The third-order valence-corrected chi connectivity index (χ3v) is 2.74. The minimum absolute atomic E-state index is 0.108. The van der Waals surface area contributed by atoms with Crippen LogP contribution in [0.1, 0.15) is 12.5 Å². The van der Waals surface area contributed by atoms with Crippen molar-refractivity contribution in [3.8, 4) is 0 Å². The Morgan fingerprint density at radius 3 is 3.00 bits per heavy atom. The number of hydrogen-bond acceptors (Lipinski definition) is 5. The Balaban J connectivity index is 1.98. The molecule has 0 spiro atoms. The fourth-order valence-corrected chi connectivity index (χ4v) is 1.84. The molecule has 0 saturated heterocycles. The standard InChI is InChI=1S/C13H20N6/c1-10(14)8-19(2)13-5-12(17-9-18-13)16-7-11-3-4-15-6-11/h3-6,9-10,15H,7-8,14H2,1-2H3,(H,16,17,18). The first-order valence-electron chi connectivity index (χ1n) is 6.29. The lowest BCUT2D eigenvalue weighted by molar-refractivity contribution is 0.711. The van der Waals surface area contributed by atoms with Gasteiger partial charge in [-0.25, -0.2) is 9.97 Å². The van der Waals surface area contributed by atoms with Gasteiger partial charge in [-0.2, -0.15) is 0 Å². The van der Waals surface area contributed by atoms with Crippen molar-refractivity contribution in [3.05, 3.63) is 36.4 Å². The lowest BCUT2D eigenvalue weighted by atomic mass is 10.3. The monoisotopic (exact) mass is 260 g/mol. The first-order valence-corrected chi connectivity index (χ1v) is 6.29. The fourth-order valence-electron chi connectivity index (χ4n) is 1.84. The first-order chi connectivity index (χ1) is 9.15. The van der Waals surface area contributed by atoms with E-state index in [1.807, 2.05) is 43.4 Å². The number of nitrogens with two attached hydrogens (primary N) is 1. The maximum atomic E-state index is 5.79. The van der Waals surface area contributed by atoms with E-state index in [9.17, 15) is 0 Å². The SMILES string of the molecule is CC(N)CN(C)c1cc(NCc2cc[nH]c2)ncn1. The number of hydrogen-bond donors (Lipinski definition) is 3. The van der Waals surface area contributed by atoms with E-state index in [1.165, 1.54) is 5.56 Å². The van der Waals surface area contributed by atoms with E-state index in [0.717, 1.165) is 24.7 Å². The van der Waals surface area contributed by atoms with E-state index in [0.29, 0.717) is 0 Å². The molecule has 0 radical (unpaired) electrons. The number of likely N-dealkylation sites (N-methyl/N-ethyl adjacent to an activating group) is 1. The van der Waals surface area contributed by atoms with Crippen molar-refractivity contribution in [2.24, 2.45) is 5.73 Å². The molecule has 0 aromatic carbocycles. The van der Waals surface area contributed by atoms with Crippen LogP contribution in [-0.2, 0) is 6.54 Å². The summed E-state index contributed by atoms with van der Waals surface area (Å²) in [6.07, 6.45) is 5.42. The average Bonchev–Trinajstić information content (AvgIpc) is 2.89. The van der Waals surface area contributed by atoms with Gasteiger partial charge in [0, 0.05) is 44.6 Å². The summed E-state index contributed by atoms with van der Waals surface area (Å²) in [6, 6.07) is 4.06. The van der Waals surface area contributed by atoms with Crippen molar-refractivity contribution in [2.75, 3.05) is 23.8 Å². The van der Waals surface area contributed by atoms with Gasteiger partial charge in [0.2, 0.25) is 0 Å². The normalized spacial score (nSPS) is 12.2. The third kappa shape index (κ3) is 3.96. The molecule has 0 aliphatic heterocycles. The van der Waals surface area contributed by atoms with E-state index < -0.39 is 0 Å². The van der Waals surface area contributed by atoms with Crippen LogP contribution in [0.5, 0.6) is 0 Å². The van der Waals surface area contributed by atoms with Crippen LogP contribution in [0.25, 0.3) is 0 Å². The highest BCUT2D eigenvalue weighted by molar-refractivity contribution is 5.48. The Labute approximate surface area is 113 Å². The van der Waals surface area contributed by atoms with Crippen LogP contribution in [0.15, 0.2) is 30.9 Å². The molecule has 2 aromatic rings. The van der Waals surface area contributed by atoms with Gasteiger partial charge in [-0.05, 0) is 18.6 Å². The van der Waals surface area contributed by atoms with Gasteiger partial charge in [0.25, 0.3) is 0 Å². The summed E-state index contributed by atoms with van der Waals surface area (Å²) in [5, 5.41) is 3.27. The number of nitrogens with zero attached hydrogens (tertiary/aromatic N) is 3. The maximum Gasteiger partial charge on any atom is 0.133 e. The summed E-state index contributed by atoms with van der Waals surface area (Å²) in [4.78, 5) is 13.5. The molecule has 2 heterocycles. The molecule has 0 bridgehead atoms. The second kappa shape index (κ2) is 6.19. The highest BCUT2D eigenvalue weighted by Crippen LogP contribution is 2.13. The van der Waals surface area contributed by atoms with Crippen LogP contribution in [-0.4, -0.2) is 34.6 Å². The number of H-pyrrole nitrogens is 1. The molecule has 0 fully saturated rings. The van der Waals surface area contributed by atoms with Crippen molar-refractivity contribution in [1.82, 2.24) is 15.0 Å². The molecule has 1 unspecified atom stereocenters. The summed E-state index contributed by atoms with van der Waals surface area (Å²) in [5.74, 6) is 1.67. The summed E-state index contributed by atoms with van der Waals surface area (Å²) in [7, 11) is 1.97. The van der Waals surface area contributed by atoms with Gasteiger partial charge >= 0.3 is 0 Å². The van der Waals surface area contributed by atoms with Crippen LogP contribution in [0.3, 0.4) is 0 Å². The molecule has 2 aromatic heterocycles. The molecule has 19 heavy (non-hydrogen) atoms. The Hall–Kier alpha value is -2.08.